The van der Waals surface area contributed by atoms with Crippen molar-refractivity contribution in [3.05, 3.63) is 84.2 Å². The molecule has 250 valence electrons. The number of amides is 1. The highest BCUT2D eigenvalue weighted by atomic mass is 32.2. The largest absolute Gasteiger partial charge is 0.486 e. The van der Waals surface area contributed by atoms with Gasteiger partial charge in [-0.15, -0.1) is 0 Å². The Morgan fingerprint density at radius 3 is 2.30 bits per heavy atom. The fourth-order valence-electron chi connectivity index (χ4n) is 5.18. The number of sulfone groups is 1. The Morgan fingerprint density at radius 2 is 1.63 bits per heavy atom. The number of aliphatic hydroxyl groups excluding tert-OH is 1. The summed E-state index contributed by atoms with van der Waals surface area (Å²) >= 11 is 0. The highest BCUT2D eigenvalue weighted by molar-refractivity contribution is 7.91. The number of aliphatic hydroxyl groups is 1. The first-order chi connectivity index (χ1) is 21.8. The molecule has 1 aliphatic rings. The van der Waals surface area contributed by atoms with Gasteiger partial charge in [-0.1, -0.05) is 57.2 Å². The van der Waals surface area contributed by atoms with Gasteiger partial charge < -0.3 is 19.9 Å². The standard InChI is InChI=1S/C33H43N3O8S2/c1-24(2)21-36(46(41,42)28-11-12-31-32(19-28)44-16-15-43-31)22-30(37)29(18-26-8-5-4-6-9-26)35-33(38)25(3)23-45(39,40)17-13-27-10-7-14-34-20-27/h4-12,14,19-20,24-25,29-30,37H,13,15-18,21-23H2,1-3H3,(H,35,38)/t25-,29?,30-/m1/s1. The Kier molecular flexibility index (Phi) is 12.2. The van der Waals surface area contributed by atoms with Gasteiger partial charge in [0.15, 0.2) is 21.3 Å². The molecule has 0 bridgehead atoms. The van der Waals surface area contributed by atoms with Gasteiger partial charge in [-0.2, -0.15) is 4.31 Å². The van der Waals surface area contributed by atoms with Gasteiger partial charge in [0.25, 0.3) is 0 Å². The number of aromatic nitrogens is 1. The van der Waals surface area contributed by atoms with E-state index in [1.807, 2.05) is 44.2 Å². The van der Waals surface area contributed by atoms with Crippen molar-refractivity contribution in [1.29, 1.82) is 0 Å². The molecule has 0 fully saturated rings. The van der Waals surface area contributed by atoms with Crippen molar-refractivity contribution in [2.45, 2.75) is 50.7 Å². The van der Waals surface area contributed by atoms with Crippen LogP contribution in [0.3, 0.4) is 0 Å². The molecule has 2 aromatic carbocycles. The molecule has 1 aromatic heterocycles. The van der Waals surface area contributed by atoms with E-state index in [0.717, 1.165) is 11.1 Å². The van der Waals surface area contributed by atoms with Crippen LogP contribution in [0.4, 0.5) is 0 Å². The van der Waals surface area contributed by atoms with Gasteiger partial charge in [0, 0.05) is 37.5 Å². The van der Waals surface area contributed by atoms with Gasteiger partial charge >= 0.3 is 0 Å². The van der Waals surface area contributed by atoms with Crippen molar-refractivity contribution in [3.63, 3.8) is 0 Å². The molecule has 1 amide bonds. The summed E-state index contributed by atoms with van der Waals surface area (Å²) in [6, 6.07) is 16.2. The molecule has 1 unspecified atom stereocenters. The molecule has 3 atom stereocenters. The first-order valence-electron chi connectivity index (χ1n) is 15.4. The number of rotatable bonds is 16. The summed E-state index contributed by atoms with van der Waals surface area (Å²) in [4.78, 5) is 17.4. The number of carbonyl (C=O) groups excluding carboxylic acids is 1. The Labute approximate surface area is 271 Å². The van der Waals surface area contributed by atoms with E-state index in [2.05, 4.69) is 10.3 Å². The van der Waals surface area contributed by atoms with E-state index in [1.54, 1.807) is 30.6 Å². The van der Waals surface area contributed by atoms with Crippen LogP contribution in [0.15, 0.2) is 78.0 Å². The van der Waals surface area contributed by atoms with Gasteiger partial charge in [0.1, 0.15) is 13.2 Å². The van der Waals surface area contributed by atoms with E-state index in [4.69, 9.17) is 9.47 Å². The van der Waals surface area contributed by atoms with Gasteiger partial charge in [0.05, 0.1) is 28.5 Å². The predicted molar refractivity (Wildman–Crippen MR) is 175 cm³/mol. The summed E-state index contributed by atoms with van der Waals surface area (Å²) < 4.78 is 65.8. The zero-order valence-electron chi connectivity index (χ0n) is 26.4. The van der Waals surface area contributed by atoms with Crippen molar-refractivity contribution < 1.29 is 36.2 Å². The summed E-state index contributed by atoms with van der Waals surface area (Å²) in [5, 5.41) is 14.4. The zero-order valence-corrected chi connectivity index (χ0v) is 28.0. The Balaban J connectivity index is 1.51. The van der Waals surface area contributed by atoms with Crippen LogP contribution < -0.4 is 14.8 Å². The Morgan fingerprint density at radius 1 is 0.935 bits per heavy atom. The van der Waals surface area contributed by atoms with E-state index < -0.39 is 43.8 Å². The summed E-state index contributed by atoms with van der Waals surface area (Å²) in [7, 11) is -7.67. The first kappa shape index (κ1) is 35.3. The van der Waals surface area contributed by atoms with Crippen LogP contribution in [-0.4, -0.2) is 87.1 Å². The van der Waals surface area contributed by atoms with E-state index >= 15 is 0 Å². The van der Waals surface area contributed by atoms with E-state index in [-0.39, 0.29) is 48.3 Å². The number of aryl methyl sites for hydroxylation is 1. The summed E-state index contributed by atoms with van der Waals surface area (Å²) in [5.41, 5.74) is 1.60. The molecule has 0 saturated heterocycles. The maximum absolute atomic E-state index is 13.9. The minimum absolute atomic E-state index is 0.00152. The summed E-state index contributed by atoms with van der Waals surface area (Å²) in [6.07, 6.45) is 2.39. The Hall–Kier alpha value is -3.52. The smallest absolute Gasteiger partial charge is 0.243 e. The van der Waals surface area contributed by atoms with Crippen molar-refractivity contribution in [3.8, 4) is 11.5 Å². The number of ether oxygens (including phenoxy) is 2. The van der Waals surface area contributed by atoms with E-state index in [9.17, 15) is 26.7 Å². The molecule has 4 rings (SSSR count). The van der Waals surface area contributed by atoms with Crippen molar-refractivity contribution >= 4 is 25.8 Å². The molecule has 1 aliphatic heterocycles. The summed E-state index contributed by atoms with van der Waals surface area (Å²) in [6.45, 7) is 5.76. The number of pyridine rings is 1. The van der Waals surface area contributed by atoms with Gasteiger partial charge in [-0.25, -0.2) is 16.8 Å². The SMILES string of the molecule is CC(C)CN(C[C@@H](O)C(Cc1ccccc1)NC(=O)[C@H](C)CS(=O)(=O)CCc1cccnc1)S(=O)(=O)c1ccc2c(c1)OCCO2. The molecule has 3 aromatic rings. The number of benzene rings is 2. The summed E-state index contributed by atoms with van der Waals surface area (Å²) in [5.74, 6) is -1.24. The van der Waals surface area contributed by atoms with Crippen LogP contribution in [-0.2, 0) is 37.5 Å². The topological polar surface area (TPSA) is 152 Å². The number of sulfonamides is 1. The predicted octanol–water partition coefficient (Wildman–Crippen LogP) is 2.88. The number of nitrogens with one attached hydrogen (secondary N) is 1. The zero-order chi connectivity index (χ0) is 33.3. The van der Waals surface area contributed by atoms with Crippen LogP contribution in [0.1, 0.15) is 31.9 Å². The number of fused-ring (bicyclic) bond motifs is 1. The molecule has 0 aliphatic carbocycles. The second-order valence-electron chi connectivity index (χ2n) is 12.0. The molecule has 0 saturated carbocycles. The number of hydrogen-bond acceptors (Lipinski definition) is 9. The molecular weight excluding hydrogens is 631 g/mol. The lowest BCUT2D eigenvalue weighted by Gasteiger charge is -2.31. The average Bonchev–Trinajstić information content (AvgIpc) is 3.03. The Bertz CT molecular complexity index is 1650. The normalized spacial score (nSPS) is 15.3. The quantitative estimate of drug-likeness (QED) is 0.234. The van der Waals surface area contributed by atoms with E-state index in [1.165, 1.54) is 23.4 Å². The number of nitrogens with zero attached hydrogens (tertiary/aromatic N) is 2. The third kappa shape index (κ3) is 9.99. The molecular formula is C33H43N3O8S2. The third-order valence-electron chi connectivity index (χ3n) is 7.58. The van der Waals surface area contributed by atoms with Gasteiger partial charge in [0.2, 0.25) is 15.9 Å². The van der Waals surface area contributed by atoms with Crippen LogP contribution in [0.2, 0.25) is 0 Å². The maximum atomic E-state index is 13.9. The van der Waals surface area contributed by atoms with Crippen LogP contribution >= 0.6 is 0 Å². The molecule has 13 heteroatoms. The lowest BCUT2D eigenvalue weighted by molar-refractivity contribution is -0.125. The van der Waals surface area contributed by atoms with Crippen LogP contribution in [0.25, 0.3) is 0 Å². The fraction of sp³-hybridized carbons (Fsp3) is 0.455. The lowest BCUT2D eigenvalue weighted by atomic mass is 10.00. The monoisotopic (exact) mass is 673 g/mol. The van der Waals surface area contributed by atoms with Crippen LogP contribution in [0.5, 0.6) is 11.5 Å². The van der Waals surface area contributed by atoms with Crippen molar-refractivity contribution in [2.75, 3.05) is 37.8 Å². The van der Waals surface area contributed by atoms with Gasteiger partial charge in [-0.05, 0) is 48.1 Å². The van der Waals surface area contributed by atoms with Crippen molar-refractivity contribution in [1.82, 2.24) is 14.6 Å². The highest BCUT2D eigenvalue weighted by Crippen LogP contribution is 2.33. The van der Waals surface area contributed by atoms with Crippen molar-refractivity contribution in [2.24, 2.45) is 11.8 Å². The van der Waals surface area contributed by atoms with Crippen LogP contribution in [0, 0.1) is 11.8 Å². The average molecular weight is 674 g/mol. The second-order valence-corrected chi connectivity index (χ2v) is 16.2. The number of carbonyl (C=O) groups is 1. The molecule has 2 heterocycles. The minimum Gasteiger partial charge on any atom is -0.486 e. The molecule has 11 nitrogen and oxygen atoms in total. The maximum Gasteiger partial charge on any atom is 0.243 e. The lowest BCUT2D eigenvalue weighted by Crippen LogP contribution is -2.52. The van der Waals surface area contributed by atoms with Gasteiger partial charge in [-0.3, -0.25) is 9.78 Å². The third-order valence-corrected chi connectivity index (χ3v) is 11.2. The molecule has 2 N–H and O–H groups in total. The molecule has 0 spiro atoms. The fourth-order valence-corrected chi connectivity index (χ4v) is 8.45. The van der Waals surface area contributed by atoms with E-state index in [0.29, 0.717) is 24.7 Å². The molecule has 0 radical (unpaired) electrons. The number of hydrogen-bond donors (Lipinski definition) is 2. The second kappa shape index (κ2) is 15.9. The minimum atomic E-state index is -4.09. The highest BCUT2D eigenvalue weighted by Gasteiger charge is 2.33. The molecule has 46 heavy (non-hydrogen) atoms. The first-order valence-corrected chi connectivity index (χ1v) is 18.6.